The molecule has 0 saturated carbocycles. The number of carbonyl (C=O) groups excluding carboxylic acids is 3. The van der Waals surface area contributed by atoms with Crippen LogP contribution in [-0.2, 0) is 15.7 Å². The Morgan fingerprint density at radius 3 is 2.21 bits per heavy atom. The van der Waals surface area contributed by atoms with Gasteiger partial charge >= 0.3 is 12.1 Å². The van der Waals surface area contributed by atoms with Gasteiger partial charge in [0.25, 0.3) is 11.8 Å². The molecular weight excluding hydrogens is 379 g/mol. The zero-order valence-electron chi connectivity index (χ0n) is 14.4. The van der Waals surface area contributed by atoms with Crippen LogP contribution in [-0.4, -0.2) is 42.4 Å². The van der Waals surface area contributed by atoms with E-state index >= 15 is 0 Å². The molecular formula is C19H14F3NO5. The fourth-order valence-corrected chi connectivity index (χ4v) is 2.64. The number of halogens is 3. The molecule has 146 valence electrons. The van der Waals surface area contributed by atoms with Crippen molar-refractivity contribution in [1.82, 2.24) is 4.90 Å². The van der Waals surface area contributed by atoms with Crippen molar-refractivity contribution in [3.8, 4) is 5.75 Å². The number of esters is 1. The number of carbonyl (C=O) groups is 3. The molecule has 1 aliphatic heterocycles. The number of amides is 2. The van der Waals surface area contributed by atoms with Crippen molar-refractivity contribution in [3.05, 3.63) is 65.2 Å². The number of rotatable bonds is 6. The van der Waals surface area contributed by atoms with E-state index in [4.69, 9.17) is 9.47 Å². The highest BCUT2D eigenvalue weighted by Gasteiger charge is 2.35. The van der Waals surface area contributed by atoms with E-state index in [0.29, 0.717) is 0 Å². The molecule has 1 aliphatic rings. The minimum absolute atomic E-state index is 0.132. The molecule has 0 radical (unpaired) electrons. The number of nitrogens with zero attached hydrogens (tertiary/aromatic N) is 1. The number of hydrogen-bond acceptors (Lipinski definition) is 5. The fourth-order valence-electron chi connectivity index (χ4n) is 2.64. The molecule has 0 fully saturated rings. The molecule has 0 unspecified atom stereocenters. The molecule has 0 aliphatic carbocycles. The van der Waals surface area contributed by atoms with Crippen molar-refractivity contribution in [2.45, 2.75) is 6.18 Å². The first-order valence-electron chi connectivity index (χ1n) is 8.18. The predicted molar refractivity (Wildman–Crippen MR) is 89.7 cm³/mol. The van der Waals surface area contributed by atoms with Crippen LogP contribution in [0.2, 0.25) is 0 Å². The van der Waals surface area contributed by atoms with Crippen LogP contribution in [0.3, 0.4) is 0 Å². The van der Waals surface area contributed by atoms with E-state index < -0.39 is 36.1 Å². The van der Waals surface area contributed by atoms with Crippen LogP contribution in [0.15, 0.2) is 48.5 Å². The van der Waals surface area contributed by atoms with Gasteiger partial charge in [0.2, 0.25) is 0 Å². The Morgan fingerprint density at radius 2 is 1.61 bits per heavy atom. The third-order valence-electron chi connectivity index (χ3n) is 3.97. The van der Waals surface area contributed by atoms with Gasteiger partial charge in [-0.1, -0.05) is 18.2 Å². The van der Waals surface area contributed by atoms with Gasteiger partial charge in [-0.2, -0.15) is 13.2 Å². The Bertz CT molecular complexity index is 891. The van der Waals surface area contributed by atoms with Crippen LogP contribution in [0, 0.1) is 0 Å². The summed E-state index contributed by atoms with van der Waals surface area (Å²) in [5.41, 5.74) is -0.331. The Balaban J connectivity index is 1.47. The van der Waals surface area contributed by atoms with E-state index in [0.717, 1.165) is 23.1 Å². The summed E-state index contributed by atoms with van der Waals surface area (Å²) in [5, 5.41) is 0. The van der Waals surface area contributed by atoms with Gasteiger partial charge in [0.05, 0.1) is 23.2 Å². The highest BCUT2D eigenvalue weighted by molar-refractivity contribution is 6.21. The molecule has 2 aromatic carbocycles. The summed E-state index contributed by atoms with van der Waals surface area (Å²) in [6.45, 7) is -0.999. The van der Waals surface area contributed by atoms with Crippen molar-refractivity contribution in [2.24, 2.45) is 0 Å². The van der Waals surface area contributed by atoms with Gasteiger partial charge in [-0.15, -0.1) is 0 Å². The summed E-state index contributed by atoms with van der Waals surface area (Å²) in [7, 11) is 0. The molecule has 2 aromatic rings. The minimum atomic E-state index is -4.52. The van der Waals surface area contributed by atoms with Crippen molar-refractivity contribution >= 4 is 17.8 Å². The van der Waals surface area contributed by atoms with Gasteiger partial charge in [0.15, 0.2) is 6.61 Å². The molecule has 0 N–H and O–H groups in total. The Labute approximate surface area is 157 Å². The molecule has 0 saturated heterocycles. The first-order valence-corrected chi connectivity index (χ1v) is 8.18. The maximum atomic E-state index is 12.6. The van der Waals surface area contributed by atoms with Crippen molar-refractivity contribution in [1.29, 1.82) is 0 Å². The molecule has 0 bridgehead atoms. The topological polar surface area (TPSA) is 72.9 Å². The molecule has 28 heavy (non-hydrogen) atoms. The summed E-state index contributed by atoms with van der Waals surface area (Å²) < 4.78 is 47.8. The highest BCUT2D eigenvalue weighted by atomic mass is 19.4. The van der Waals surface area contributed by atoms with Gasteiger partial charge in [-0.05, 0) is 30.3 Å². The van der Waals surface area contributed by atoms with E-state index in [1.165, 1.54) is 18.2 Å². The van der Waals surface area contributed by atoms with E-state index in [9.17, 15) is 27.6 Å². The van der Waals surface area contributed by atoms with Crippen LogP contribution >= 0.6 is 0 Å². The van der Waals surface area contributed by atoms with E-state index in [1.807, 2.05) is 0 Å². The molecule has 9 heteroatoms. The third-order valence-corrected chi connectivity index (χ3v) is 3.97. The summed E-state index contributed by atoms with van der Waals surface area (Å²) in [6.07, 6.45) is -4.52. The molecule has 2 amide bonds. The summed E-state index contributed by atoms with van der Waals surface area (Å²) >= 11 is 0. The van der Waals surface area contributed by atoms with Crippen LogP contribution in [0.25, 0.3) is 0 Å². The number of imide groups is 1. The average molecular weight is 393 g/mol. The van der Waals surface area contributed by atoms with Crippen LogP contribution in [0.1, 0.15) is 26.3 Å². The van der Waals surface area contributed by atoms with Crippen LogP contribution in [0.5, 0.6) is 5.75 Å². The first-order chi connectivity index (χ1) is 13.3. The minimum Gasteiger partial charge on any atom is -0.482 e. The second-order valence-electron chi connectivity index (χ2n) is 5.84. The Morgan fingerprint density at radius 1 is 0.964 bits per heavy atom. The maximum Gasteiger partial charge on any atom is 0.416 e. The second-order valence-corrected chi connectivity index (χ2v) is 5.84. The Kier molecular flexibility index (Phi) is 5.34. The number of ether oxygens (including phenoxy) is 2. The molecule has 1 heterocycles. The van der Waals surface area contributed by atoms with Crippen molar-refractivity contribution < 1.29 is 37.0 Å². The summed E-state index contributed by atoms with van der Waals surface area (Å²) in [6, 6.07) is 10.4. The lowest BCUT2D eigenvalue weighted by atomic mass is 10.1. The quantitative estimate of drug-likeness (QED) is 0.557. The lowest BCUT2D eigenvalue weighted by Crippen LogP contribution is -2.33. The molecule has 3 rings (SSSR count). The van der Waals surface area contributed by atoms with E-state index in [-0.39, 0.29) is 30.0 Å². The SMILES string of the molecule is O=C(COc1cccc(C(F)(F)F)c1)OCCN1C(=O)c2ccccc2C1=O. The number of benzene rings is 2. The largest absolute Gasteiger partial charge is 0.482 e. The highest BCUT2D eigenvalue weighted by Crippen LogP contribution is 2.31. The van der Waals surface area contributed by atoms with Crippen LogP contribution < -0.4 is 4.74 Å². The Hall–Kier alpha value is -3.36. The zero-order chi connectivity index (χ0) is 20.3. The standard InChI is InChI=1S/C19H14F3NO5/c20-19(21,22)12-4-3-5-13(10-12)28-11-16(24)27-9-8-23-17(25)14-6-1-2-7-15(14)18(23)26/h1-7,10H,8-9,11H2. The van der Waals surface area contributed by atoms with E-state index in [2.05, 4.69) is 0 Å². The van der Waals surface area contributed by atoms with Gasteiger partial charge in [-0.25, -0.2) is 4.79 Å². The summed E-state index contributed by atoms with van der Waals surface area (Å²) in [4.78, 5) is 37.0. The van der Waals surface area contributed by atoms with E-state index in [1.54, 1.807) is 12.1 Å². The van der Waals surface area contributed by atoms with Gasteiger partial charge in [0.1, 0.15) is 12.4 Å². The van der Waals surface area contributed by atoms with Crippen LogP contribution in [0.4, 0.5) is 13.2 Å². The zero-order valence-corrected chi connectivity index (χ0v) is 14.4. The molecule has 0 atom stereocenters. The number of fused-ring (bicyclic) bond motifs is 1. The molecule has 0 spiro atoms. The predicted octanol–water partition coefficient (Wildman–Crippen LogP) is 2.92. The third kappa shape index (κ3) is 4.13. The maximum absolute atomic E-state index is 12.6. The van der Waals surface area contributed by atoms with Gasteiger partial charge in [0, 0.05) is 0 Å². The lowest BCUT2D eigenvalue weighted by molar-refractivity contribution is -0.146. The second kappa shape index (κ2) is 7.71. The average Bonchev–Trinajstić information content (AvgIpc) is 2.91. The first kappa shape index (κ1) is 19.4. The lowest BCUT2D eigenvalue weighted by Gasteiger charge is -2.14. The summed E-state index contributed by atoms with van der Waals surface area (Å²) in [5.74, 6) is -1.92. The monoisotopic (exact) mass is 393 g/mol. The fraction of sp³-hybridized carbons (Fsp3) is 0.211. The normalized spacial score (nSPS) is 13.5. The van der Waals surface area contributed by atoms with Crippen molar-refractivity contribution in [2.75, 3.05) is 19.8 Å². The molecule has 6 nitrogen and oxygen atoms in total. The smallest absolute Gasteiger partial charge is 0.416 e. The number of hydrogen-bond donors (Lipinski definition) is 0. The van der Waals surface area contributed by atoms with Gasteiger partial charge < -0.3 is 9.47 Å². The van der Waals surface area contributed by atoms with Gasteiger partial charge in [-0.3, -0.25) is 14.5 Å². The molecule has 0 aromatic heterocycles. The number of alkyl halides is 3. The van der Waals surface area contributed by atoms with Crippen molar-refractivity contribution in [3.63, 3.8) is 0 Å².